The molecule has 1 aliphatic heterocycles. The third-order valence-corrected chi connectivity index (χ3v) is 5.90. The van der Waals surface area contributed by atoms with Crippen molar-refractivity contribution in [3.05, 3.63) is 35.0 Å². The molecule has 0 aliphatic carbocycles. The number of carbonyl (C=O) groups excluding carboxylic acids is 1. The minimum Gasteiger partial charge on any atom is -0.497 e. The number of anilines is 2. The number of nitrogens with zero attached hydrogens (tertiary/aromatic N) is 3. The summed E-state index contributed by atoms with van der Waals surface area (Å²) in [5, 5.41) is 3.81. The van der Waals surface area contributed by atoms with Crippen LogP contribution in [0.1, 0.15) is 28.1 Å². The van der Waals surface area contributed by atoms with E-state index in [4.69, 9.17) is 9.47 Å². The first-order valence-electron chi connectivity index (χ1n) is 9.14. The number of benzene rings is 1. The lowest BCUT2D eigenvalue weighted by Crippen LogP contribution is -2.20. The molecule has 0 unspecified atom stereocenters. The molecule has 3 aromatic rings. The molecule has 3 heterocycles. The van der Waals surface area contributed by atoms with Crippen LogP contribution in [0.3, 0.4) is 0 Å². The topological polar surface area (TPSA) is 76.6 Å². The van der Waals surface area contributed by atoms with Crippen LogP contribution in [0.15, 0.2) is 24.5 Å². The molecule has 146 valence electrons. The van der Waals surface area contributed by atoms with Gasteiger partial charge in [-0.1, -0.05) is 0 Å². The van der Waals surface area contributed by atoms with Crippen molar-refractivity contribution in [3.63, 3.8) is 0 Å². The van der Waals surface area contributed by atoms with Gasteiger partial charge in [-0.25, -0.2) is 9.97 Å². The van der Waals surface area contributed by atoms with Gasteiger partial charge in [-0.15, -0.1) is 11.3 Å². The Labute approximate surface area is 167 Å². The second-order valence-corrected chi connectivity index (χ2v) is 7.86. The molecule has 0 spiro atoms. The Balaban J connectivity index is 1.74. The van der Waals surface area contributed by atoms with Gasteiger partial charge in [0.2, 0.25) is 0 Å². The quantitative estimate of drug-likeness (QED) is 0.703. The number of ether oxygens (including phenoxy) is 2. The van der Waals surface area contributed by atoms with Gasteiger partial charge in [-0.2, -0.15) is 0 Å². The molecule has 1 fully saturated rings. The number of amides is 1. The van der Waals surface area contributed by atoms with Crippen molar-refractivity contribution in [2.75, 3.05) is 37.5 Å². The molecule has 8 heteroatoms. The van der Waals surface area contributed by atoms with Crippen molar-refractivity contribution >= 4 is 39.0 Å². The van der Waals surface area contributed by atoms with Crippen LogP contribution in [0, 0.1) is 6.92 Å². The number of hydrogen-bond donors (Lipinski definition) is 1. The largest absolute Gasteiger partial charge is 0.497 e. The maximum Gasteiger partial charge on any atom is 0.257 e. The SMILES string of the molecule is COc1cc(NC(=O)c2c(C)sc3ncnc(N4CCCC4)c23)cc(OC)c1. The van der Waals surface area contributed by atoms with Crippen molar-refractivity contribution in [2.45, 2.75) is 19.8 Å². The average Bonchev–Trinajstić information content (AvgIpc) is 3.34. The lowest BCUT2D eigenvalue weighted by molar-refractivity contribution is 0.102. The normalized spacial score (nSPS) is 13.8. The summed E-state index contributed by atoms with van der Waals surface area (Å²) in [4.78, 5) is 26.1. The number of fused-ring (bicyclic) bond motifs is 1. The fraction of sp³-hybridized carbons (Fsp3) is 0.350. The van der Waals surface area contributed by atoms with E-state index in [1.54, 1.807) is 38.7 Å². The fourth-order valence-electron chi connectivity index (χ4n) is 3.54. The van der Waals surface area contributed by atoms with Gasteiger partial charge in [-0.3, -0.25) is 4.79 Å². The number of carbonyl (C=O) groups is 1. The number of methoxy groups -OCH3 is 2. The van der Waals surface area contributed by atoms with Crippen molar-refractivity contribution < 1.29 is 14.3 Å². The van der Waals surface area contributed by atoms with Crippen LogP contribution < -0.4 is 19.7 Å². The van der Waals surface area contributed by atoms with Crippen molar-refractivity contribution in [1.29, 1.82) is 0 Å². The minimum absolute atomic E-state index is 0.186. The standard InChI is InChI=1S/C20H22N4O3S/c1-12-16(19(25)23-13-8-14(26-2)10-15(9-13)27-3)17-18(24-6-4-5-7-24)21-11-22-20(17)28-12/h8-11H,4-7H2,1-3H3,(H,23,25). The predicted octanol–water partition coefficient (Wildman–Crippen LogP) is 3.87. The molecule has 1 N–H and O–H groups in total. The molecular weight excluding hydrogens is 376 g/mol. The maximum atomic E-state index is 13.2. The number of nitrogens with one attached hydrogen (secondary N) is 1. The Morgan fingerprint density at radius 2 is 1.79 bits per heavy atom. The van der Waals surface area contributed by atoms with Gasteiger partial charge >= 0.3 is 0 Å². The van der Waals surface area contributed by atoms with Crippen molar-refractivity contribution in [3.8, 4) is 11.5 Å². The average molecular weight is 398 g/mol. The number of hydrogen-bond acceptors (Lipinski definition) is 7. The first-order chi connectivity index (χ1) is 13.6. The summed E-state index contributed by atoms with van der Waals surface area (Å²) in [5.41, 5.74) is 1.24. The zero-order valence-electron chi connectivity index (χ0n) is 16.1. The first kappa shape index (κ1) is 18.5. The van der Waals surface area contributed by atoms with Crippen LogP contribution in [0.25, 0.3) is 10.2 Å². The summed E-state index contributed by atoms with van der Waals surface area (Å²) < 4.78 is 10.6. The van der Waals surface area contributed by atoms with Crippen LogP contribution in [0.2, 0.25) is 0 Å². The second-order valence-electron chi connectivity index (χ2n) is 6.66. The third kappa shape index (κ3) is 3.35. The van der Waals surface area contributed by atoms with E-state index >= 15 is 0 Å². The molecule has 4 rings (SSSR count). The molecule has 1 aromatic carbocycles. The van der Waals surface area contributed by atoms with Crippen LogP contribution in [-0.4, -0.2) is 43.2 Å². The van der Waals surface area contributed by atoms with Crippen LogP contribution in [0.4, 0.5) is 11.5 Å². The van der Waals surface area contributed by atoms with E-state index in [9.17, 15) is 4.79 Å². The molecule has 0 atom stereocenters. The second kappa shape index (κ2) is 7.63. The summed E-state index contributed by atoms with van der Waals surface area (Å²) >= 11 is 1.52. The lowest BCUT2D eigenvalue weighted by atomic mass is 10.1. The van der Waals surface area contributed by atoms with E-state index < -0.39 is 0 Å². The monoisotopic (exact) mass is 398 g/mol. The van der Waals surface area contributed by atoms with E-state index in [-0.39, 0.29) is 5.91 Å². The number of rotatable bonds is 5. The number of aryl methyl sites for hydroxylation is 1. The van der Waals surface area contributed by atoms with Gasteiger partial charge in [0.15, 0.2) is 0 Å². The molecule has 7 nitrogen and oxygen atoms in total. The Hall–Kier alpha value is -2.87. The fourth-order valence-corrected chi connectivity index (χ4v) is 4.53. The highest BCUT2D eigenvalue weighted by molar-refractivity contribution is 7.19. The van der Waals surface area contributed by atoms with Crippen LogP contribution >= 0.6 is 11.3 Å². The Bertz CT molecular complexity index is 1010. The third-order valence-electron chi connectivity index (χ3n) is 4.89. The summed E-state index contributed by atoms with van der Waals surface area (Å²) in [6.07, 6.45) is 3.86. The Kier molecular flexibility index (Phi) is 5.04. The summed E-state index contributed by atoms with van der Waals surface area (Å²) in [7, 11) is 3.16. The summed E-state index contributed by atoms with van der Waals surface area (Å²) in [5.74, 6) is 1.89. The molecular formula is C20H22N4O3S. The molecule has 0 bridgehead atoms. The molecule has 1 saturated heterocycles. The first-order valence-corrected chi connectivity index (χ1v) is 9.96. The molecule has 0 saturated carbocycles. The van der Waals surface area contributed by atoms with Crippen LogP contribution in [-0.2, 0) is 0 Å². The Morgan fingerprint density at radius 1 is 1.11 bits per heavy atom. The highest BCUT2D eigenvalue weighted by Gasteiger charge is 2.25. The summed E-state index contributed by atoms with van der Waals surface area (Å²) in [6.45, 7) is 3.85. The van der Waals surface area contributed by atoms with Crippen LogP contribution in [0.5, 0.6) is 11.5 Å². The van der Waals surface area contributed by atoms with Gasteiger partial charge in [-0.05, 0) is 19.8 Å². The highest BCUT2D eigenvalue weighted by Crippen LogP contribution is 2.36. The van der Waals surface area contributed by atoms with E-state index in [0.29, 0.717) is 22.7 Å². The minimum atomic E-state index is -0.186. The smallest absolute Gasteiger partial charge is 0.257 e. The zero-order chi connectivity index (χ0) is 19.7. The number of aromatic nitrogens is 2. The molecule has 1 amide bonds. The van der Waals surface area contributed by atoms with Gasteiger partial charge in [0.1, 0.15) is 28.5 Å². The molecule has 1 aliphatic rings. The van der Waals surface area contributed by atoms with E-state index in [1.165, 1.54) is 11.3 Å². The number of thiophene rings is 1. The summed E-state index contributed by atoms with van der Waals surface area (Å²) in [6, 6.07) is 5.30. The van der Waals surface area contributed by atoms with Gasteiger partial charge < -0.3 is 19.7 Å². The van der Waals surface area contributed by atoms with Crippen molar-refractivity contribution in [2.24, 2.45) is 0 Å². The van der Waals surface area contributed by atoms with E-state index in [0.717, 1.165) is 46.8 Å². The van der Waals surface area contributed by atoms with Gasteiger partial charge in [0.25, 0.3) is 5.91 Å². The Morgan fingerprint density at radius 3 is 2.43 bits per heavy atom. The molecule has 0 radical (unpaired) electrons. The van der Waals surface area contributed by atoms with E-state index in [1.807, 2.05) is 6.92 Å². The maximum absolute atomic E-state index is 13.2. The van der Waals surface area contributed by atoms with Gasteiger partial charge in [0.05, 0.1) is 25.2 Å². The highest BCUT2D eigenvalue weighted by atomic mass is 32.1. The molecule has 2 aromatic heterocycles. The van der Waals surface area contributed by atoms with E-state index in [2.05, 4.69) is 20.2 Å². The zero-order valence-corrected chi connectivity index (χ0v) is 16.9. The van der Waals surface area contributed by atoms with Gasteiger partial charge in [0, 0.05) is 41.9 Å². The lowest BCUT2D eigenvalue weighted by Gasteiger charge is -2.17. The van der Waals surface area contributed by atoms with Crippen molar-refractivity contribution in [1.82, 2.24) is 9.97 Å². The molecule has 28 heavy (non-hydrogen) atoms. The predicted molar refractivity (Wildman–Crippen MR) is 111 cm³/mol.